The highest BCUT2D eigenvalue weighted by Gasteiger charge is 2.19. The van der Waals surface area contributed by atoms with Gasteiger partial charge in [0.15, 0.2) is 0 Å². The predicted molar refractivity (Wildman–Crippen MR) is 119 cm³/mol. The molecule has 3 nitrogen and oxygen atoms in total. The molecule has 0 fully saturated rings. The molecule has 0 bridgehead atoms. The Kier molecular flexibility index (Phi) is 3.88. The minimum absolute atomic E-state index is 0.105. The second-order valence-electron chi connectivity index (χ2n) is 6.77. The van der Waals surface area contributed by atoms with Crippen molar-refractivity contribution in [3.8, 4) is 11.1 Å². The van der Waals surface area contributed by atoms with Crippen LogP contribution >= 0.6 is 15.9 Å². The zero-order valence-electron chi connectivity index (χ0n) is 14.7. The minimum atomic E-state index is -0.316. The lowest BCUT2D eigenvalue weighted by Gasteiger charge is -2.13. The Morgan fingerprint density at radius 2 is 1.32 bits per heavy atom. The summed E-state index contributed by atoms with van der Waals surface area (Å²) in [5, 5.41) is 18.4. The van der Waals surface area contributed by atoms with E-state index in [4.69, 9.17) is 0 Å². The van der Waals surface area contributed by atoms with Crippen LogP contribution in [0.2, 0.25) is 0 Å². The molecule has 134 valence electrons. The van der Waals surface area contributed by atoms with Gasteiger partial charge in [-0.1, -0.05) is 76.6 Å². The quantitative estimate of drug-likeness (QED) is 0.166. The summed E-state index contributed by atoms with van der Waals surface area (Å²) in [5.74, 6) is 0. The average Bonchev–Trinajstić information content (AvgIpc) is 2.72. The summed E-state index contributed by atoms with van der Waals surface area (Å²) < 4.78 is 0.815. The van der Waals surface area contributed by atoms with Crippen LogP contribution in [0.3, 0.4) is 0 Å². The van der Waals surface area contributed by atoms with Gasteiger partial charge in [0.1, 0.15) is 0 Å². The average molecular weight is 428 g/mol. The SMILES string of the molecule is O=[N+]([O-])c1ccc(Br)cc1-c1cc2c3ccccc3ccc2c2ccccc12. The number of hydrogen-bond acceptors (Lipinski definition) is 2. The molecule has 0 heterocycles. The van der Waals surface area contributed by atoms with Crippen LogP contribution in [0.25, 0.3) is 43.4 Å². The number of nitro groups is 1. The van der Waals surface area contributed by atoms with E-state index >= 15 is 0 Å². The summed E-state index contributed by atoms with van der Waals surface area (Å²) in [5.41, 5.74) is 1.59. The van der Waals surface area contributed by atoms with Crippen LogP contribution in [0.15, 0.2) is 89.4 Å². The number of rotatable bonds is 2. The van der Waals surface area contributed by atoms with Crippen molar-refractivity contribution in [2.24, 2.45) is 0 Å². The van der Waals surface area contributed by atoms with Gasteiger partial charge in [-0.15, -0.1) is 0 Å². The molecule has 5 rings (SSSR count). The third-order valence-corrected chi connectivity index (χ3v) is 5.71. The van der Waals surface area contributed by atoms with E-state index in [2.05, 4.69) is 52.3 Å². The molecule has 0 aliphatic rings. The predicted octanol–water partition coefficient (Wildman–Crippen LogP) is 7.48. The number of nitro benzene ring substituents is 1. The van der Waals surface area contributed by atoms with Gasteiger partial charge in [-0.05, 0) is 56.1 Å². The normalized spacial score (nSPS) is 11.3. The molecule has 0 amide bonds. The van der Waals surface area contributed by atoms with Crippen LogP contribution in [0.5, 0.6) is 0 Å². The molecule has 0 aliphatic carbocycles. The maximum Gasteiger partial charge on any atom is 0.277 e. The van der Waals surface area contributed by atoms with Crippen molar-refractivity contribution in [1.82, 2.24) is 0 Å². The van der Waals surface area contributed by atoms with E-state index < -0.39 is 0 Å². The Bertz CT molecular complexity index is 1410. The molecule has 0 saturated carbocycles. The first-order valence-electron chi connectivity index (χ1n) is 8.91. The lowest BCUT2D eigenvalue weighted by Crippen LogP contribution is -1.93. The number of hydrogen-bond donors (Lipinski definition) is 0. The van der Waals surface area contributed by atoms with Crippen molar-refractivity contribution in [3.05, 3.63) is 99.5 Å². The van der Waals surface area contributed by atoms with Gasteiger partial charge in [0.25, 0.3) is 5.69 Å². The summed E-state index contributed by atoms with van der Waals surface area (Å²) >= 11 is 3.47. The van der Waals surface area contributed by atoms with Crippen molar-refractivity contribution in [1.29, 1.82) is 0 Å². The van der Waals surface area contributed by atoms with Crippen LogP contribution in [-0.2, 0) is 0 Å². The molecule has 0 atom stereocenters. The van der Waals surface area contributed by atoms with E-state index in [0.29, 0.717) is 5.56 Å². The van der Waals surface area contributed by atoms with Crippen LogP contribution < -0.4 is 0 Å². The summed E-state index contributed by atoms with van der Waals surface area (Å²) in [4.78, 5) is 11.4. The molecule has 0 saturated heterocycles. The number of benzene rings is 5. The fourth-order valence-corrected chi connectivity index (χ4v) is 4.33. The van der Waals surface area contributed by atoms with E-state index in [-0.39, 0.29) is 10.6 Å². The maximum absolute atomic E-state index is 11.7. The van der Waals surface area contributed by atoms with Gasteiger partial charge in [0.05, 0.1) is 10.5 Å². The number of fused-ring (bicyclic) bond motifs is 5. The van der Waals surface area contributed by atoms with Crippen LogP contribution in [-0.4, -0.2) is 4.92 Å². The van der Waals surface area contributed by atoms with Crippen LogP contribution in [0.4, 0.5) is 5.69 Å². The summed E-state index contributed by atoms with van der Waals surface area (Å²) in [7, 11) is 0. The van der Waals surface area contributed by atoms with Crippen molar-refractivity contribution in [2.45, 2.75) is 0 Å². The summed E-state index contributed by atoms with van der Waals surface area (Å²) in [6.45, 7) is 0. The van der Waals surface area contributed by atoms with Crippen molar-refractivity contribution >= 4 is 53.9 Å². The van der Waals surface area contributed by atoms with Crippen LogP contribution in [0, 0.1) is 10.1 Å². The van der Waals surface area contributed by atoms with Crippen LogP contribution in [0.1, 0.15) is 0 Å². The smallest absolute Gasteiger partial charge is 0.258 e. The second-order valence-corrected chi connectivity index (χ2v) is 7.69. The first-order valence-corrected chi connectivity index (χ1v) is 9.70. The molecule has 0 N–H and O–H groups in total. The van der Waals surface area contributed by atoms with Gasteiger partial charge in [-0.2, -0.15) is 0 Å². The molecular weight excluding hydrogens is 414 g/mol. The van der Waals surface area contributed by atoms with Gasteiger partial charge >= 0.3 is 0 Å². The summed E-state index contributed by atoms with van der Waals surface area (Å²) in [6.07, 6.45) is 0. The molecule has 5 aromatic rings. The largest absolute Gasteiger partial charge is 0.277 e. The highest BCUT2D eigenvalue weighted by molar-refractivity contribution is 9.10. The topological polar surface area (TPSA) is 43.1 Å². The molecule has 28 heavy (non-hydrogen) atoms. The zero-order chi connectivity index (χ0) is 19.3. The Balaban J connectivity index is 2.01. The fraction of sp³-hybridized carbons (Fsp3) is 0. The van der Waals surface area contributed by atoms with E-state index in [1.54, 1.807) is 12.1 Å². The Morgan fingerprint density at radius 3 is 2.11 bits per heavy atom. The van der Waals surface area contributed by atoms with E-state index in [9.17, 15) is 10.1 Å². The molecule has 0 radical (unpaired) electrons. The molecular formula is C24H14BrNO2. The van der Waals surface area contributed by atoms with Gasteiger partial charge in [0, 0.05) is 10.5 Å². The zero-order valence-corrected chi connectivity index (χ0v) is 16.3. The standard InChI is InChI=1S/C24H14BrNO2/c25-16-10-12-24(26(27)28)23(13-16)22-14-21-17-6-2-1-5-15(17)9-11-20(21)18-7-3-4-8-19(18)22/h1-14H. The Morgan fingerprint density at radius 1 is 0.643 bits per heavy atom. The molecule has 5 aromatic carbocycles. The third kappa shape index (κ3) is 2.57. The van der Waals surface area contributed by atoms with Crippen molar-refractivity contribution < 1.29 is 4.92 Å². The highest BCUT2D eigenvalue weighted by atomic mass is 79.9. The second kappa shape index (κ2) is 6.43. The third-order valence-electron chi connectivity index (χ3n) is 5.21. The monoisotopic (exact) mass is 427 g/mol. The van der Waals surface area contributed by atoms with Crippen molar-refractivity contribution in [3.63, 3.8) is 0 Å². The lowest BCUT2D eigenvalue weighted by molar-refractivity contribution is -0.384. The summed E-state index contributed by atoms with van der Waals surface area (Å²) in [6, 6.07) is 27.8. The van der Waals surface area contributed by atoms with Gasteiger partial charge < -0.3 is 0 Å². The number of halogens is 1. The first-order chi connectivity index (χ1) is 13.6. The van der Waals surface area contributed by atoms with E-state index in [0.717, 1.165) is 42.4 Å². The molecule has 0 unspecified atom stereocenters. The minimum Gasteiger partial charge on any atom is -0.258 e. The molecule has 0 spiro atoms. The molecule has 4 heteroatoms. The fourth-order valence-electron chi connectivity index (χ4n) is 3.97. The molecule has 0 aromatic heterocycles. The Hall–Kier alpha value is -3.24. The Labute approximate surface area is 169 Å². The molecule has 0 aliphatic heterocycles. The van der Waals surface area contributed by atoms with Crippen molar-refractivity contribution in [2.75, 3.05) is 0 Å². The lowest BCUT2D eigenvalue weighted by atomic mass is 9.90. The van der Waals surface area contributed by atoms with E-state index in [1.165, 1.54) is 0 Å². The van der Waals surface area contributed by atoms with Gasteiger partial charge in [-0.25, -0.2) is 0 Å². The highest BCUT2D eigenvalue weighted by Crippen LogP contribution is 2.41. The number of nitrogens with zero attached hydrogens (tertiary/aromatic N) is 1. The maximum atomic E-state index is 11.7. The van der Waals surface area contributed by atoms with Gasteiger partial charge in [0.2, 0.25) is 0 Å². The first kappa shape index (κ1) is 16.9. The van der Waals surface area contributed by atoms with Gasteiger partial charge in [-0.3, -0.25) is 10.1 Å². The van der Waals surface area contributed by atoms with E-state index in [1.807, 2.05) is 36.4 Å².